The molecule has 6 rings (SSSR count). The zero-order valence-corrected chi connectivity index (χ0v) is 41.4. The van der Waals surface area contributed by atoms with Crippen LogP contribution in [0.1, 0.15) is 120 Å². The Kier molecular flexibility index (Phi) is 17.5. The second kappa shape index (κ2) is 22.4. The van der Waals surface area contributed by atoms with E-state index in [0.717, 1.165) is 34.2 Å². The van der Waals surface area contributed by atoms with Gasteiger partial charge >= 0.3 is 6.09 Å². The third-order valence-electron chi connectivity index (χ3n) is 10.6. The van der Waals surface area contributed by atoms with Crippen LogP contribution in [0, 0.1) is 11.6 Å². The lowest BCUT2D eigenvalue weighted by molar-refractivity contribution is -0.119. The minimum atomic E-state index is -0.632. The number of hydrogen-bond donors (Lipinski definition) is 2. The standard InChI is InChI=1S/C29H35ClFN3O3.C24H27ClFN3O/c1-28(2,3)26-17-23(34(33-26)22-9-7-8-21(30)16-22)12-13-24(35)14-19-10-11-20(25(31)15-19)18-32-27(36)37-29(4,5)6;1-24(2,3)23-14-20(29(28-23)19-6-4-5-18(25)13-19)9-10-21(30)11-16-7-8-17(15-27)22(26)12-16/h7-11,15-17H,12-14,18H2,1-6H3,(H,32,36);4-8,12-14H,9-11,15,27H2,1-3H3. The van der Waals surface area contributed by atoms with Crippen molar-refractivity contribution < 1.29 is 27.9 Å². The highest BCUT2D eigenvalue weighted by molar-refractivity contribution is 6.31. The van der Waals surface area contributed by atoms with Crippen LogP contribution < -0.4 is 11.1 Å². The molecule has 6 aromatic rings. The molecule has 4 aromatic carbocycles. The zero-order valence-electron chi connectivity index (χ0n) is 39.9. The molecule has 0 aliphatic rings. The molecule has 0 spiro atoms. The second-order valence-electron chi connectivity index (χ2n) is 19.7. The van der Waals surface area contributed by atoms with E-state index in [4.69, 9.17) is 43.9 Å². The summed E-state index contributed by atoms with van der Waals surface area (Å²) < 4.78 is 37.4. The maximum absolute atomic E-state index is 14.6. The van der Waals surface area contributed by atoms with Crippen molar-refractivity contribution in [1.29, 1.82) is 0 Å². The molecule has 1 amide bonds. The minimum Gasteiger partial charge on any atom is -0.444 e. The van der Waals surface area contributed by atoms with Crippen LogP contribution in [-0.2, 0) is 63.9 Å². The van der Waals surface area contributed by atoms with E-state index in [1.165, 1.54) is 12.1 Å². The lowest BCUT2D eigenvalue weighted by Gasteiger charge is -2.19. The number of amides is 1. The number of nitrogens with one attached hydrogen (secondary N) is 1. The van der Waals surface area contributed by atoms with Crippen molar-refractivity contribution in [2.24, 2.45) is 5.73 Å². The number of carbonyl (C=O) groups is 3. The quantitative estimate of drug-likeness (QED) is 0.105. The van der Waals surface area contributed by atoms with Crippen molar-refractivity contribution in [2.45, 2.75) is 130 Å². The van der Waals surface area contributed by atoms with E-state index < -0.39 is 17.5 Å². The molecule has 0 aliphatic heterocycles. The summed E-state index contributed by atoms with van der Waals surface area (Å²) in [5, 5.41) is 13.3. The summed E-state index contributed by atoms with van der Waals surface area (Å²) >= 11 is 12.4. The number of rotatable bonds is 15. The number of hydrogen-bond acceptors (Lipinski definition) is 7. The smallest absolute Gasteiger partial charge is 0.407 e. The number of benzene rings is 4. The molecule has 0 fully saturated rings. The molecule has 3 N–H and O–H groups in total. The monoisotopic (exact) mass is 954 g/mol. The van der Waals surface area contributed by atoms with Crippen LogP contribution in [-0.4, -0.2) is 42.8 Å². The number of nitrogens with two attached hydrogens (primary N) is 1. The first-order chi connectivity index (χ1) is 31.4. The van der Waals surface area contributed by atoms with Gasteiger partial charge in [-0.15, -0.1) is 0 Å². The van der Waals surface area contributed by atoms with Crippen molar-refractivity contribution in [3.05, 3.63) is 164 Å². The summed E-state index contributed by atoms with van der Waals surface area (Å²) in [6, 6.07) is 28.4. The predicted molar refractivity (Wildman–Crippen MR) is 262 cm³/mol. The Hall–Kier alpha value is -5.69. The van der Waals surface area contributed by atoms with Gasteiger partial charge in [0.2, 0.25) is 0 Å². The molecule has 356 valence electrons. The largest absolute Gasteiger partial charge is 0.444 e. The molecule has 0 radical (unpaired) electrons. The molecular weight excluding hydrogens is 894 g/mol. The molecule has 2 aromatic heterocycles. The van der Waals surface area contributed by atoms with Gasteiger partial charge in [0.15, 0.2) is 0 Å². The summed E-state index contributed by atoms with van der Waals surface area (Å²) in [6.45, 7) is 18.0. The van der Waals surface area contributed by atoms with Gasteiger partial charge in [-0.05, 0) is 105 Å². The maximum atomic E-state index is 14.6. The number of ether oxygens (including phenoxy) is 1. The Morgan fingerprint density at radius 3 is 1.43 bits per heavy atom. The molecule has 0 saturated heterocycles. The average Bonchev–Trinajstić information content (AvgIpc) is 3.88. The van der Waals surface area contributed by atoms with Gasteiger partial charge in [-0.1, -0.05) is 101 Å². The third kappa shape index (κ3) is 15.7. The first-order valence-corrected chi connectivity index (χ1v) is 23.1. The Morgan fingerprint density at radius 1 is 0.627 bits per heavy atom. The van der Waals surface area contributed by atoms with Crippen molar-refractivity contribution >= 4 is 40.9 Å². The van der Waals surface area contributed by atoms with Gasteiger partial charge < -0.3 is 15.8 Å². The Balaban J connectivity index is 0.000000256. The first kappa shape index (κ1) is 52.3. The fourth-order valence-electron chi connectivity index (χ4n) is 6.95. The Labute approximate surface area is 403 Å². The molecule has 0 saturated carbocycles. The van der Waals surface area contributed by atoms with E-state index in [0.29, 0.717) is 58.0 Å². The van der Waals surface area contributed by atoms with Crippen LogP contribution in [0.2, 0.25) is 10.0 Å². The number of alkyl carbamates (subject to hydrolysis) is 1. The number of carbonyl (C=O) groups excluding carboxylic acids is 3. The van der Waals surface area contributed by atoms with Crippen LogP contribution >= 0.6 is 23.2 Å². The summed E-state index contributed by atoms with van der Waals surface area (Å²) in [6.07, 6.45) is 1.37. The van der Waals surface area contributed by atoms with Crippen LogP contribution in [0.15, 0.2) is 97.1 Å². The number of aromatic nitrogens is 4. The van der Waals surface area contributed by atoms with Crippen molar-refractivity contribution in [2.75, 3.05) is 0 Å². The van der Waals surface area contributed by atoms with Gasteiger partial charge in [0, 0.05) is 82.2 Å². The number of aryl methyl sites for hydroxylation is 2. The molecule has 0 unspecified atom stereocenters. The molecular formula is C53H62Cl2F2N6O4. The highest BCUT2D eigenvalue weighted by atomic mass is 35.5. The van der Waals surface area contributed by atoms with Crippen LogP contribution in [0.5, 0.6) is 0 Å². The fourth-order valence-corrected chi connectivity index (χ4v) is 7.32. The molecule has 0 aliphatic carbocycles. The van der Waals surface area contributed by atoms with Crippen molar-refractivity contribution in [1.82, 2.24) is 24.9 Å². The zero-order chi connectivity index (χ0) is 49.3. The molecule has 67 heavy (non-hydrogen) atoms. The van der Waals surface area contributed by atoms with Gasteiger partial charge in [-0.2, -0.15) is 10.2 Å². The number of ketones is 2. The summed E-state index contributed by atoms with van der Waals surface area (Å²) in [5.41, 5.74) is 12.0. The first-order valence-electron chi connectivity index (χ1n) is 22.3. The van der Waals surface area contributed by atoms with E-state index >= 15 is 0 Å². The Bertz CT molecular complexity index is 2690. The van der Waals surface area contributed by atoms with Crippen LogP contribution in [0.3, 0.4) is 0 Å². The number of Topliss-reactive ketones (excluding diaryl/α,β-unsaturated/α-hetero) is 2. The van der Waals surface area contributed by atoms with E-state index in [-0.39, 0.29) is 54.1 Å². The fraction of sp³-hybridized carbons (Fsp3) is 0.377. The summed E-state index contributed by atoms with van der Waals surface area (Å²) in [4.78, 5) is 37.2. The van der Waals surface area contributed by atoms with E-state index in [1.54, 1.807) is 51.1 Å². The highest BCUT2D eigenvalue weighted by Gasteiger charge is 2.23. The minimum absolute atomic E-state index is 0.00141. The van der Waals surface area contributed by atoms with Gasteiger partial charge in [-0.3, -0.25) is 9.59 Å². The predicted octanol–water partition coefficient (Wildman–Crippen LogP) is 11.9. The van der Waals surface area contributed by atoms with Gasteiger partial charge in [-0.25, -0.2) is 22.9 Å². The highest BCUT2D eigenvalue weighted by Crippen LogP contribution is 2.28. The number of nitrogens with zero attached hydrogens (tertiary/aromatic N) is 4. The molecule has 0 atom stereocenters. The van der Waals surface area contributed by atoms with Crippen molar-refractivity contribution in [3.63, 3.8) is 0 Å². The number of halogens is 4. The van der Waals surface area contributed by atoms with Crippen LogP contribution in [0.4, 0.5) is 13.6 Å². The van der Waals surface area contributed by atoms with E-state index in [1.807, 2.05) is 64.0 Å². The summed E-state index contributed by atoms with van der Waals surface area (Å²) in [7, 11) is 0. The Morgan fingerprint density at radius 2 is 1.06 bits per heavy atom. The SMILES string of the molecule is CC(C)(C)OC(=O)NCc1ccc(CC(=O)CCc2cc(C(C)(C)C)nn2-c2cccc(Cl)c2)cc1F.CC(C)(C)c1cc(CCC(=O)Cc2ccc(CN)c(F)c2)n(-c2cccc(Cl)c2)n1. The molecule has 10 nitrogen and oxygen atoms in total. The maximum Gasteiger partial charge on any atom is 0.407 e. The lowest BCUT2D eigenvalue weighted by Crippen LogP contribution is -2.32. The topological polar surface area (TPSA) is 134 Å². The molecule has 2 heterocycles. The van der Waals surface area contributed by atoms with Gasteiger partial charge in [0.05, 0.1) is 22.8 Å². The summed E-state index contributed by atoms with van der Waals surface area (Å²) in [5.74, 6) is -0.798. The normalized spacial score (nSPS) is 11.8. The lowest BCUT2D eigenvalue weighted by atomic mass is 9.92. The van der Waals surface area contributed by atoms with E-state index in [9.17, 15) is 23.2 Å². The second-order valence-corrected chi connectivity index (χ2v) is 20.5. The average molecular weight is 956 g/mol. The van der Waals surface area contributed by atoms with Gasteiger partial charge in [0.1, 0.15) is 28.8 Å². The molecule has 14 heteroatoms. The van der Waals surface area contributed by atoms with Crippen LogP contribution in [0.25, 0.3) is 11.4 Å². The molecule has 0 bridgehead atoms. The van der Waals surface area contributed by atoms with Crippen molar-refractivity contribution in [3.8, 4) is 11.4 Å². The third-order valence-corrected chi connectivity index (χ3v) is 11.1. The van der Waals surface area contributed by atoms with Gasteiger partial charge in [0.25, 0.3) is 0 Å². The van der Waals surface area contributed by atoms with E-state index in [2.05, 4.69) is 46.9 Å².